The number of aromatic nitrogens is 2. The van der Waals surface area contributed by atoms with Crippen molar-refractivity contribution in [2.45, 2.75) is 19.9 Å². The Morgan fingerprint density at radius 1 is 1.35 bits per heavy atom. The highest BCUT2D eigenvalue weighted by Gasteiger charge is 2.21. The van der Waals surface area contributed by atoms with Crippen LogP contribution in [0.3, 0.4) is 0 Å². The lowest BCUT2D eigenvalue weighted by molar-refractivity contribution is 0.355. The zero-order valence-electron chi connectivity index (χ0n) is 11.6. The maximum atomic E-state index is 6.37. The SMILES string of the molecule is CCc1c(-c2noc(CN)n2)cc(OC)c(OC)c1Cl. The summed E-state index contributed by atoms with van der Waals surface area (Å²) in [4.78, 5) is 4.22. The number of nitrogens with two attached hydrogens (primary N) is 1. The van der Waals surface area contributed by atoms with Gasteiger partial charge in [0.2, 0.25) is 11.7 Å². The maximum Gasteiger partial charge on any atom is 0.240 e. The van der Waals surface area contributed by atoms with E-state index in [0.29, 0.717) is 34.7 Å². The number of rotatable bonds is 5. The van der Waals surface area contributed by atoms with E-state index in [1.807, 2.05) is 6.92 Å². The molecule has 20 heavy (non-hydrogen) atoms. The molecule has 1 aromatic heterocycles. The molecule has 0 saturated carbocycles. The van der Waals surface area contributed by atoms with Crippen molar-refractivity contribution in [2.75, 3.05) is 14.2 Å². The zero-order chi connectivity index (χ0) is 14.7. The molecule has 2 N–H and O–H groups in total. The van der Waals surface area contributed by atoms with Crippen molar-refractivity contribution in [1.82, 2.24) is 10.1 Å². The van der Waals surface area contributed by atoms with E-state index in [1.165, 1.54) is 0 Å². The van der Waals surface area contributed by atoms with E-state index >= 15 is 0 Å². The summed E-state index contributed by atoms with van der Waals surface area (Å²) in [6, 6.07) is 1.79. The van der Waals surface area contributed by atoms with Gasteiger partial charge in [0.15, 0.2) is 11.5 Å². The monoisotopic (exact) mass is 297 g/mol. The first kappa shape index (κ1) is 14.6. The van der Waals surface area contributed by atoms with Crippen molar-refractivity contribution in [3.8, 4) is 22.9 Å². The first-order chi connectivity index (χ1) is 9.65. The fourth-order valence-corrected chi connectivity index (χ4v) is 2.39. The molecular formula is C13H16ClN3O3. The second-order valence-corrected chi connectivity index (χ2v) is 4.40. The topological polar surface area (TPSA) is 83.4 Å². The van der Waals surface area contributed by atoms with E-state index in [0.717, 1.165) is 11.1 Å². The minimum atomic E-state index is 0.190. The Kier molecular flexibility index (Phi) is 4.46. The quantitative estimate of drug-likeness (QED) is 0.912. The molecule has 0 fully saturated rings. The van der Waals surface area contributed by atoms with Gasteiger partial charge >= 0.3 is 0 Å². The van der Waals surface area contributed by atoms with Crippen LogP contribution in [0.25, 0.3) is 11.4 Å². The Labute approximate surface area is 121 Å². The van der Waals surface area contributed by atoms with Crippen LogP contribution in [0.5, 0.6) is 11.5 Å². The van der Waals surface area contributed by atoms with E-state index in [9.17, 15) is 0 Å². The van der Waals surface area contributed by atoms with Gasteiger partial charge in [-0.2, -0.15) is 4.98 Å². The van der Waals surface area contributed by atoms with Crippen LogP contribution in [-0.2, 0) is 13.0 Å². The lowest BCUT2D eigenvalue weighted by Crippen LogP contribution is -1.99. The Balaban J connectivity index is 2.65. The van der Waals surface area contributed by atoms with Crippen molar-refractivity contribution in [3.63, 3.8) is 0 Å². The summed E-state index contributed by atoms with van der Waals surface area (Å²) < 4.78 is 15.6. The molecule has 0 spiro atoms. The summed E-state index contributed by atoms with van der Waals surface area (Å²) >= 11 is 6.37. The van der Waals surface area contributed by atoms with Crippen LogP contribution in [-0.4, -0.2) is 24.4 Å². The second kappa shape index (κ2) is 6.11. The van der Waals surface area contributed by atoms with Crippen molar-refractivity contribution >= 4 is 11.6 Å². The molecule has 2 rings (SSSR count). The van der Waals surface area contributed by atoms with Gasteiger partial charge in [0.25, 0.3) is 0 Å². The molecule has 0 aliphatic heterocycles. The highest BCUT2D eigenvalue weighted by Crippen LogP contribution is 2.42. The molecule has 7 heteroatoms. The molecule has 0 saturated heterocycles. The standard InChI is InChI=1S/C13H16ClN3O3/c1-4-7-8(13-16-10(6-15)20-17-13)5-9(18-2)12(19-3)11(7)14/h5H,4,6,15H2,1-3H3. The Hall–Kier alpha value is -1.79. The number of ether oxygens (including phenoxy) is 2. The van der Waals surface area contributed by atoms with Crippen LogP contribution in [0.4, 0.5) is 0 Å². The van der Waals surface area contributed by atoms with Crippen LogP contribution in [0.1, 0.15) is 18.4 Å². The summed E-state index contributed by atoms with van der Waals surface area (Å²) in [7, 11) is 3.09. The Morgan fingerprint density at radius 2 is 2.10 bits per heavy atom. The van der Waals surface area contributed by atoms with Crippen LogP contribution < -0.4 is 15.2 Å². The summed E-state index contributed by atoms with van der Waals surface area (Å²) in [6.45, 7) is 2.18. The summed E-state index contributed by atoms with van der Waals surface area (Å²) in [5.74, 6) is 1.82. The fourth-order valence-electron chi connectivity index (χ4n) is 1.98. The van der Waals surface area contributed by atoms with E-state index < -0.39 is 0 Å². The van der Waals surface area contributed by atoms with Crippen molar-refractivity contribution < 1.29 is 14.0 Å². The van der Waals surface area contributed by atoms with Gasteiger partial charge in [-0.05, 0) is 18.1 Å². The highest BCUT2D eigenvalue weighted by atomic mass is 35.5. The average Bonchev–Trinajstić information content (AvgIpc) is 2.94. The summed E-state index contributed by atoms with van der Waals surface area (Å²) in [5.41, 5.74) is 7.09. The molecule has 108 valence electrons. The van der Waals surface area contributed by atoms with Gasteiger partial charge in [0.1, 0.15) is 0 Å². The molecule has 0 unspecified atom stereocenters. The van der Waals surface area contributed by atoms with Crippen molar-refractivity contribution in [2.24, 2.45) is 5.73 Å². The number of halogens is 1. The fraction of sp³-hybridized carbons (Fsp3) is 0.385. The number of benzene rings is 1. The van der Waals surface area contributed by atoms with Gasteiger partial charge in [-0.25, -0.2) is 0 Å². The van der Waals surface area contributed by atoms with Crippen LogP contribution in [0.2, 0.25) is 5.02 Å². The van der Waals surface area contributed by atoms with Crippen LogP contribution in [0.15, 0.2) is 10.6 Å². The predicted octanol–water partition coefficient (Wildman–Crippen LogP) is 2.43. The third kappa shape index (κ3) is 2.44. The number of methoxy groups -OCH3 is 2. The average molecular weight is 298 g/mol. The van der Waals surface area contributed by atoms with Crippen LogP contribution in [0, 0.1) is 0 Å². The normalized spacial score (nSPS) is 10.7. The van der Waals surface area contributed by atoms with Gasteiger partial charge < -0.3 is 19.7 Å². The lowest BCUT2D eigenvalue weighted by atomic mass is 10.0. The molecule has 6 nitrogen and oxygen atoms in total. The third-order valence-corrected chi connectivity index (χ3v) is 3.35. The summed E-state index contributed by atoms with van der Waals surface area (Å²) in [5, 5.41) is 4.41. The van der Waals surface area contributed by atoms with Crippen LogP contribution >= 0.6 is 11.6 Å². The van der Waals surface area contributed by atoms with Gasteiger partial charge in [0, 0.05) is 5.56 Å². The molecule has 1 heterocycles. The van der Waals surface area contributed by atoms with E-state index in [2.05, 4.69) is 10.1 Å². The second-order valence-electron chi connectivity index (χ2n) is 4.02. The molecule has 0 atom stereocenters. The van der Waals surface area contributed by atoms with E-state index in [-0.39, 0.29) is 6.54 Å². The molecular weight excluding hydrogens is 282 g/mol. The number of nitrogens with zero attached hydrogens (tertiary/aromatic N) is 2. The minimum absolute atomic E-state index is 0.190. The smallest absolute Gasteiger partial charge is 0.240 e. The molecule has 1 aromatic carbocycles. The van der Waals surface area contributed by atoms with Crippen molar-refractivity contribution in [3.05, 3.63) is 22.5 Å². The highest BCUT2D eigenvalue weighted by molar-refractivity contribution is 6.33. The molecule has 2 aromatic rings. The molecule has 0 radical (unpaired) electrons. The summed E-state index contributed by atoms with van der Waals surface area (Å²) in [6.07, 6.45) is 0.695. The molecule has 0 aliphatic rings. The zero-order valence-corrected chi connectivity index (χ0v) is 12.3. The molecule has 0 amide bonds. The first-order valence-corrected chi connectivity index (χ1v) is 6.50. The maximum absolute atomic E-state index is 6.37. The third-order valence-electron chi connectivity index (χ3n) is 2.95. The first-order valence-electron chi connectivity index (χ1n) is 6.12. The van der Waals surface area contributed by atoms with Gasteiger partial charge in [0.05, 0.1) is 25.8 Å². The predicted molar refractivity (Wildman–Crippen MR) is 75.1 cm³/mol. The van der Waals surface area contributed by atoms with Gasteiger partial charge in [-0.15, -0.1) is 0 Å². The van der Waals surface area contributed by atoms with Crippen molar-refractivity contribution in [1.29, 1.82) is 0 Å². The Bertz CT molecular complexity index is 613. The number of hydrogen-bond donors (Lipinski definition) is 1. The number of hydrogen-bond acceptors (Lipinski definition) is 6. The minimum Gasteiger partial charge on any atom is -0.493 e. The lowest BCUT2D eigenvalue weighted by Gasteiger charge is -2.15. The van der Waals surface area contributed by atoms with E-state index in [1.54, 1.807) is 20.3 Å². The van der Waals surface area contributed by atoms with Gasteiger partial charge in [-0.1, -0.05) is 23.7 Å². The Morgan fingerprint density at radius 3 is 2.60 bits per heavy atom. The largest absolute Gasteiger partial charge is 0.493 e. The molecule has 0 bridgehead atoms. The molecule has 0 aliphatic carbocycles. The van der Waals surface area contributed by atoms with Gasteiger partial charge in [-0.3, -0.25) is 0 Å². The van der Waals surface area contributed by atoms with E-state index in [4.69, 9.17) is 31.3 Å².